The summed E-state index contributed by atoms with van der Waals surface area (Å²) in [6.45, 7) is 4.36. The van der Waals surface area contributed by atoms with E-state index in [0.29, 0.717) is 5.02 Å². The van der Waals surface area contributed by atoms with E-state index in [4.69, 9.17) is 11.6 Å². The fourth-order valence-electron chi connectivity index (χ4n) is 2.95. The van der Waals surface area contributed by atoms with Crippen LogP contribution in [0, 0.1) is 5.82 Å². The zero-order chi connectivity index (χ0) is 24.1. The highest BCUT2D eigenvalue weighted by atomic mass is 35.5. The van der Waals surface area contributed by atoms with Gasteiger partial charge in [-0.1, -0.05) is 29.8 Å². The maximum atomic E-state index is 14.2. The molecule has 2 rings (SSSR count). The van der Waals surface area contributed by atoms with E-state index in [1.54, 1.807) is 19.9 Å². The third kappa shape index (κ3) is 6.51. The van der Waals surface area contributed by atoms with Crippen LogP contribution < -0.4 is 5.32 Å². The normalized spacial score (nSPS) is 12.6. The molecule has 174 valence electrons. The lowest BCUT2D eigenvalue weighted by molar-refractivity contribution is -0.140. The molecule has 0 bridgehead atoms. The summed E-state index contributed by atoms with van der Waals surface area (Å²) in [7, 11) is -2.71. The quantitative estimate of drug-likeness (QED) is 0.594. The smallest absolute Gasteiger partial charge is 0.243 e. The van der Waals surface area contributed by atoms with E-state index in [9.17, 15) is 22.4 Å². The van der Waals surface area contributed by atoms with Crippen molar-refractivity contribution in [2.45, 2.75) is 44.3 Å². The molecule has 2 aromatic carbocycles. The van der Waals surface area contributed by atoms with Crippen LogP contribution in [0.2, 0.25) is 5.02 Å². The molecule has 2 aromatic rings. The average Bonchev–Trinajstić information content (AvgIpc) is 2.72. The molecule has 0 fully saturated rings. The fourth-order valence-corrected chi connectivity index (χ4v) is 4.20. The molecule has 0 heterocycles. The molecule has 0 aliphatic heterocycles. The number of carbonyl (C=O) groups is 2. The van der Waals surface area contributed by atoms with Gasteiger partial charge in [-0.15, -0.1) is 0 Å². The van der Waals surface area contributed by atoms with Gasteiger partial charge in [0.1, 0.15) is 11.9 Å². The van der Waals surface area contributed by atoms with E-state index in [2.05, 4.69) is 5.32 Å². The molecular formula is C22H27ClFN3O4S. The molecule has 0 saturated carbocycles. The predicted molar refractivity (Wildman–Crippen MR) is 121 cm³/mol. The van der Waals surface area contributed by atoms with Gasteiger partial charge >= 0.3 is 0 Å². The number of sulfonamides is 1. The summed E-state index contributed by atoms with van der Waals surface area (Å²) in [6.07, 6.45) is 0. The van der Waals surface area contributed by atoms with Crippen LogP contribution >= 0.6 is 11.6 Å². The van der Waals surface area contributed by atoms with Crippen molar-refractivity contribution in [2.75, 3.05) is 13.6 Å². The number of hydrogen-bond donors (Lipinski definition) is 1. The number of rotatable bonds is 9. The lowest BCUT2D eigenvalue weighted by atomic mass is 10.1. The van der Waals surface area contributed by atoms with Gasteiger partial charge in [-0.3, -0.25) is 9.59 Å². The maximum absolute atomic E-state index is 14.2. The Bertz CT molecular complexity index is 1060. The van der Waals surface area contributed by atoms with Crippen LogP contribution in [-0.4, -0.2) is 55.1 Å². The third-order valence-corrected chi connectivity index (χ3v) is 6.85. The summed E-state index contributed by atoms with van der Waals surface area (Å²) in [4.78, 5) is 26.8. The molecule has 0 unspecified atom stereocenters. The minimum Gasteiger partial charge on any atom is -0.352 e. The topological polar surface area (TPSA) is 86.8 Å². The first-order chi connectivity index (χ1) is 14.9. The van der Waals surface area contributed by atoms with Gasteiger partial charge in [0.2, 0.25) is 21.8 Å². The molecule has 0 aromatic heterocycles. The van der Waals surface area contributed by atoms with Gasteiger partial charge < -0.3 is 10.2 Å². The Morgan fingerprint density at radius 1 is 1.06 bits per heavy atom. The van der Waals surface area contributed by atoms with Gasteiger partial charge in [0, 0.05) is 30.2 Å². The Morgan fingerprint density at radius 3 is 2.22 bits per heavy atom. The van der Waals surface area contributed by atoms with Crippen LogP contribution in [0.15, 0.2) is 53.4 Å². The van der Waals surface area contributed by atoms with Crippen LogP contribution in [0.1, 0.15) is 26.3 Å². The number of nitrogens with zero attached hydrogens (tertiary/aromatic N) is 2. The van der Waals surface area contributed by atoms with Crippen LogP contribution in [0.4, 0.5) is 4.39 Å². The molecule has 0 spiro atoms. The van der Waals surface area contributed by atoms with Crippen LogP contribution in [0.3, 0.4) is 0 Å². The van der Waals surface area contributed by atoms with Crippen molar-refractivity contribution in [2.24, 2.45) is 0 Å². The fraction of sp³-hybridized carbons (Fsp3) is 0.364. The number of carbonyl (C=O) groups excluding carboxylic acids is 2. The number of amides is 2. The van der Waals surface area contributed by atoms with E-state index in [0.717, 1.165) is 4.31 Å². The standard InChI is InChI=1S/C22H27ClFN3O4S/c1-15(2)25-22(29)16(3)27(13-17-7-5-6-8-20(17)24)21(28)14-26(4)32(30,31)19-11-9-18(23)10-12-19/h5-12,15-16H,13-14H2,1-4H3,(H,25,29)/t16-/m1/s1. The van der Waals surface area contributed by atoms with Crippen LogP contribution in [0.25, 0.3) is 0 Å². The first kappa shape index (κ1) is 25.8. The summed E-state index contributed by atoms with van der Waals surface area (Å²) < 4.78 is 40.8. The van der Waals surface area contributed by atoms with Crippen molar-refractivity contribution in [3.63, 3.8) is 0 Å². The summed E-state index contributed by atoms with van der Waals surface area (Å²) in [6, 6.07) is 10.4. The Kier molecular flexibility index (Phi) is 8.77. The Hall–Kier alpha value is -2.49. The van der Waals surface area contributed by atoms with Gasteiger partial charge in [0.15, 0.2) is 0 Å². The van der Waals surface area contributed by atoms with Crippen molar-refractivity contribution < 1.29 is 22.4 Å². The summed E-state index contributed by atoms with van der Waals surface area (Å²) in [5.74, 6) is -1.59. The summed E-state index contributed by atoms with van der Waals surface area (Å²) in [5, 5.41) is 3.10. The zero-order valence-electron chi connectivity index (χ0n) is 18.4. The second-order valence-corrected chi connectivity index (χ2v) is 10.1. The molecule has 10 heteroatoms. The lowest BCUT2D eigenvalue weighted by Gasteiger charge is -2.31. The minimum absolute atomic E-state index is 0.0246. The largest absolute Gasteiger partial charge is 0.352 e. The van der Waals surface area contributed by atoms with Gasteiger partial charge in [0.25, 0.3) is 0 Å². The lowest BCUT2D eigenvalue weighted by Crippen LogP contribution is -2.51. The molecule has 32 heavy (non-hydrogen) atoms. The molecule has 1 atom stereocenters. The molecule has 0 saturated heterocycles. The van der Waals surface area contributed by atoms with Crippen molar-refractivity contribution in [1.82, 2.24) is 14.5 Å². The van der Waals surface area contributed by atoms with Crippen LogP contribution in [0.5, 0.6) is 0 Å². The molecule has 0 aliphatic rings. The van der Waals surface area contributed by atoms with Crippen molar-refractivity contribution >= 4 is 33.4 Å². The van der Waals surface area contributed by atoms with Crippen molar-refractivity contribution in [3.8, 4) is 0 Å². The number of hydrogen-bond acceptors (Lipinski definition) is 4. The maximum Gasteiger partial charge on any atom is 0.243 e. The summed E-state index contributed by atoms with van der Waals surface area (Å²) in [5.41, 5.74) is 0.216. The molecular weight excluding hydrogens is 457 g/mol. The van der Waals surface area contributed by atoms with Gasteiger partial charge in [-0.25, -0.2) is 12.8 Å². The van der Waals surface area contributed by atoms with E-state index in [1.807, 2.05) is 0 Å². The predicted octanol–water partition coefficient (Wildman–Crippen LogP) is 3.04. The van der Waals surface area contributed by atoms with E-state index < -0.39 is 40.2 Å². The summed E-state index contributed by atoms with van der Waals surface area (Å²) >= 11 is 5.82. The SMILES string of the molecule is CC(C)NC(=O)[C@@H](C)N(Cc1ccccc1F)C(=O)CN(C)S(=O)(=O)c1ccc(Cl)cc1. The average molecular weight is 484 g/mol. The Balaban J connectivity index is 2.29. The minimum atomic E-state index is -3.98. The van der Waals surface area contributed by atoms with Crippen LogP contribution in [-0.2, 0) is 26.2 Å². The van der Waals surface area contributed by atoms with Gasteiger partial charge in [0.05, 0.1) is 11.4 Å². The molecule has 7 nitrogen and oxygen atoms in total. The number of benzene rings is 2. The molecule has 1 N–H and O–H groups in total. The Labute approximate surface area is 193 Å². The first-order valence-electron chi connectivity index (χ1n) is 9.98. The third-order valence-electron chi connectivity index (χ3n) is 4.78. The van der Waals surface area contributed by atoms with E-state index in [1.165, 1.54) is 61.3 Å². The highest BCUT2D eigenvalue weighted by molar-refractivity contribution is 7.89. The number of nitrogens with one attached hydrogen (secondary N) is 1. The molecule has 0 radical (unpaired) electrons. The first-order valence-corrected chi connectivity index (χ1v) is 11.8. The molecule has 0 aliphatic carbocycles. The second-order valence-electron chi connectivity index (χ2n) is 7.67. The van der Waals surface area contributed by atoms with E-state index in [-0.39, 0.29) is 23.0 Å². The van der Waals surface area contributed by atoms with E-state index >= 15 is 0 Å². The second kappa shape index (κ2) is 10.9. The van der Waals surface area contributed by atoms with Gasteiger partial charge in [-0.05, 0) is 51.1 Å². The highest BCUT2D eigenvalue weighted by Gasteiger charge is 2.30. The van der Waals surface area contributed by atoms with Gasteiger partial charge in [-0.2, -0.15) is 4.31 Å². The highest BCUT2D eigenvalue weighted by Crippen LogP contribution is 2.19. The number of halogens is 2. The molecule has 2 amide bonds. The Morgan fingerprint density at radius 2 is 1.66 bits per heavy atom. The van der Waals surface area contributed by atoms with Crippen molar-refractivity contribution in [3.05, 3.63) is 64.9 Å². The monoisotopic (exact) mass is 483 g/mol. The van der Waals surface area contributed by atoms with Crippen molar-refractivity contribution in [1.29, 1.82) is 0 Å². The number of likely N-dealkylation sites (N-methyl/N-ethyl adjacent to an activating group) is 1. The zero-order valence-corrected chi connectivity index (χ0v) is 20.0.